The Labute approximate surface area is 91.2 Å². The molecule has 1 aromatic heterocycles. The molecule has 88 valence electrons. The Morgan fingerprint density at radius 1 is 1.56 bits per heavy atom. The van der Waals surface area contributed by atoms with Crippen molar-refractivity contribution >= 4 is 5.82 Å². The van der Waals surface area contributed by atoms with Gasteiger partial charge in [-0.25, -0.2) is 9.89 Å². The molecular weight excluding hydrogens is 212 g/mol. The van der Waals surface area contributed by atoms with Crippen molar-refractivity contribution in [3.8, 4) is 0 Å². The van der Waals surface area contributed by atoms with E-state index in [4.69, 9.17) is 4.74 Å². The molecule has 1 saturated heterocycles. The second-order valence-electron chi connectivity index (χ2n) is 3.91. The highest BCUT2D eigenvalue weighted by Gasteiger charge is 2.23. The van der Waals surface area contributed by atoms with E-state index in [1.165, 1.54) is 0 Å². The summed E-state index contributed by atoms with van der Waals surface area (Å²) in [5, 5.41) is 8.81. The van der Waals surface area contributed by atoms with E-state index in [1.54, 1.807) is 0 Å². The zero-order chi connectivity index (χ0) is 11.5. The Hall–Kier alpha value is -1.63. The zero-order valence-corrected chi connectivity index (χ0v) is 8.95. The Balaban J connectivity index is 2.08. The maximum Gasteiger partial charge on any atom is 0.342 e. The third kappa shape index (κ3) is 2.30. The summed E-state index contributed by atoms with van der Waals surface area (Å²) < 4.78 is 5.26. The van der Waals surface area contributed by atoms with Crippen molar-refractivity contribution in [2.24, 2.45) is 5.92 Å². The minimum atomic E-state index is -0.604. The number of aromatic nitrogens is 3. The van der Waals surface area contributed by atoms with Crippen molar-refractivity contribution in [3.05, 3.63) is 20.8 Å². The number of nitrogens with one attached hydrogen (secondary N) is 3. The van der Waals surface area contributed by atoms with E-state index in [0.717, 1.165) is 13.0 Å². The van der Waals surface area contributed by atoms with Crippen molar-refractivity contribution in [3.63, 3.8) is 0 Å². The first kappa shape index (κ1) is 10.9. The van der Waals surface area contributed by atoms with Crippen molar-refractivity contribution < 1.29 is 4.74 Å². The molecule has 2 rings (SSSR count). The fraction of sp³-hybridized carbons (Fsp3) is 0.667. The number of aromatic amines is 2. The van der Waals surface area contributed by atoms with Gasteiger partial charge in [0.05, 0.1) is 6.61 Å². The van der Waals surface area contributed by atoms with E-state index in [-0.39, 0.29) is 11.9 Å². The molecule has 0 amide bonds. The summed E-state index contributed by atoms with van der Waals surface area (Å²) >= 11 is 0. The number of hydrogen-bond donors (Lipinski definition) is 3. The standard InChI is InChI=1S/C9H14N4O3/c1-5(6-2-3-16-4-6)10-7-8(14)11-9(15)13-12-7/h5-6H,2-4H2,1H3,(H,10,12)(H2,11,13,14,15). The van der Waals surface area contributed by atoms with E-state index in [9.17, 15) is 9.59 Å². The Kier molecular flexibility index (Phi) is 3.04. The highest BCUT2D eigenvalue weighted by molar-refractivity contribution is 5.30. The lowest BCUT2D eigenvalue weighted by Crippen LogP contribution is -2.33. The minimum Gasteiger partial charge on any atom is -0.381 e. The molecule has 0 saturated carbocycles. The molecule has 2 unspecified atom stereocenters. The van der Waals surface area contributed by atoms with Crippen LogP contribution in [0.3, 0.4) is 0 Å². The molecule has 0 spiro atoms. The van der Waals surface area contributed by atoms with Crippen LogP contribution in [0.5, 0.6) is 0 Å². The summed E-state index contributed by atoms with van der Waals surface area (Å²) in [5.41, 5.74) is -1.11. The predicted octanol–water partition coefficient (Wildman–Crippen LogP) is -0.705. The maximum atomic E-state index is 11.4. The topological polar surface area (TPSA) is 99.9 Å². The molecule has 0 aromatic carbocycles. The molecule has 2 heterocycles. The first-order chi connectivity index (χ1) is 7.66. The van der Waals surface area contributed by atoms with Gasteiger partial charge >= 0.3 is 5.69 Å². The molecule has 2 atom stereocenters. The van der Waals surface area contributed by atoms with Crippen LogP contribution in [0.2, 0.25) is 0 Å². The van der Waals surface area contributed by atoms with Crippen LogP contribution in [0.15, 0.2) is 9.59 Å². The maximum absolute atomic E-state index is 11.4. The lowest BCUT2D eigenvalue weighted by atomic mass is 10.0. The highest BCUT2D eigenvalue weighted by atomic mass is 16.5. The van der Waals surface area contributed by atoms with Crippen LogP contribution in [0.1, 0.15) is 13.3 Å². The van der Waals surface area contributed by atoms with Gasteiger partial charge in [-0.05, 0) is 13.3 Å². The van der Waals surface area contributed by atoms with Gasteiger partial charge in [-0.15, -0.1) is 5.10 Å². The van der Waals surface area contributed by atoms with E-state index in [0.29, 0.717) is 12.5 Å². The molecule has 7 nitrogen and oxygen atoms in total. The summed E-state index contributed by atoms with van der Waals surface area (Å²) in [6.45, 7) is 3.41. The lowest BCUT2D eigenvalue weighted by Gasteiger charge is -2.18. The number of ether oxygens (including phenoxy) is 1. The number of hydrogen-bond acceptors (Lipinski definition) is 5. The van der Waals surface area contributed by atoms with Crippen molar-refractivity contribution in [2.75, 3.05) is 18.5 Å². The normalized spacial score (nSPS) is 21.9. The summed E-state index contributed by atoms with van der Waals surface area (Å²) in [6.07, 6.45) is 0.968. The Bertz CT molecular complexity index is 460. The van der Waals surface area contributed by atoms with Gasteiger partial charge in [0.2, 0.25) is 5.82 Å². The number of H-pyrrole nitrogens is 2. The van der Waals surface area contributed by atoms with Crippen molar-refractivity contribution in [1.82, 2.24) is 15.2 Å². The molecule has 0 aliphatic carbocycles. The van der Waals surface area contributed by atoms with Crippen molar-refractivity contribution in [2.45, 2.75) is 19.4 Å². The molecule has 1 aromatic rings. The summed E-state index contributed by atoms with van der Waals surface area (Å²) in [6, 6.07) is 0.0852. The molecule has 0 bridgehead atoms. The van der Waals surface area contributed by atoms with E-state index in [1.807, 2.05) is 6.92 Å². The van der Waals surface area contributed by atoms with E-state index >= 15 is 0 Å². The third-order valence-corrected chi connectivity index (χ3v) is 2.75. The first-order valence-corrected chi connectivity index (χ1v) is 5.20. The fourth-order valence-electron chi connectivity index (χ4n) is 1.73. The molecular formula is C9H14N4O3. The summed E-state index contributed by atoms with van der Waals surface area (Å²) in [4.78, 5) is 24.2. The smallest absolute Gasteiger partial charge is 0.342 e. The first-order valence-electron chi connectivity index (χ1n) is 5.20. The molecule has 1 fully saturated rings. The SMILES string of the molecule is CC(Nc1n[nH]c(=O)[nH]c1=O)C1CCOC1. The van der Waals surface area contributed by atoms with Gasteiger partial charge in [0.25, 0.3) is 5.56 Å². The Morgan fingerprint density at radius 3 is 3.00 bits per heavy atom. The second kappa shape index (κ2) is 4.48. The van der Waals surface area contributed by atoms with Crippen LogP contribution in [0.4, 0.5) is 5.82 Å². The van der Waals surface area contributed by atoms with E-state index < -0.39 is 11.2 Å². The Morgan fingerprint density at radius 2 is 2.38 bits per heavy atom. The van der Waals surface area contributed by atoms with E-state index in [2.05, 4.69) is 20.5 Å². The number of rotatable bonds is 3. The molecule has 0 radical (unpaired) electrons. The lowest BCUT2D eigenvalue weighted by molar-refractivity contribution is 0.183. The van der Waals surface area contributed by atoms with Gasteiger partial charge in [0.15, 0.2) is 0 Å². The fourth-order valence-corrected chi connectivity index (χ4v) is 1.73. The van der Waals surface area contributed by atoms with Gasteiger partial charge in [-0.1, -0.05) is 0 Å². The highest BCUT2D eigenvalue weighted by Crippen LogP contribution is 2.17. The monoisotopic (exact) mass is 226 g/mol. The summed E-state index contributed by atoms with van der Waals surface area (Å²) in [7, 11) is 0. The molecule has 1 aliphatic heterocycles. The molecule has 3 N–H and O–H groups in total. The molecule has 1 aliphatic rings. The summed E-state index contributed by atoms with van der Waals surface area (Å²) in [5.74, 6) is 0.507. The van der Waals surface area contributed by atoms with Crippen LogP contribution < -0.4 is 16.6 Å². The number of anilines is 1. The third-order valence-electron chi connectivity index (χ3n) is 2.75. The van der Waals surface area contributed by atoms with Gasteiger partial charge in [-0.2, -0.15) is 0 Å². The number of nitrogens with zero attached hydrogens (tertiary/aromatic N) is 1. The van der Waals surface area contributed by atoms with Crippen LogP contribution in [-0.4, -0.2) is 34.4 Å². The average molecular weight is 226 g/mol. The van der Waals surface area contributed by atoms with Crippen LogP contribution in [0.25, 0.3) is 0 Å². The molecule has 7 heteroatoms. The predicted molar refractivity (Wildman–Crippen MR) is 57.5 cm³/mol. The van der Waals surface area contributed by atoms with Gasteiger partial charge < -0.3 is 10.1 Å². The molecule has 16 heavy (non-hydrogen) atoms. The van der Waals surface area contributed by atoms with Gasteiger partial charge in [0.1, 0.15) is 0 Å². The average Bonchev–Trinajstić information content (AvgIpc) is 2.75. The van der Waals surface area contributed by atoms with Crippen molar-refractivity contribution in [1.29, 1.82) is 0 Å². The second-order valence-corrected chi connectivity index (χ2v) is 3.91. The van der Waals surface area contributed by atoms with Crippen LogP contribution >= 0.6 is 0 Å². The quantitative estimate of drug-likeness (QED) is 0.632. The van der Waals surface area contributed by atoms with Gasteiger partial charge in [0, 0.05) is 18.6 Å². The zero-order valence-electron chi connectivity index (χ0n) is 8.95. The van der Waals surface area contributed by atoms with Crippen LogP contribution in [-0.2, 0) is 4.74 Å². The van der Waals surface area contributed by atoms with Gasteiger partial charge in [-0.3, -0.25) is 9.78 Å². The largest absolute Gasteiger partial charge is 0.381 e. The minimum absolute atomic E-state index is 0.0852. The van der Waals surface area contributed by atoms with Crippen LogP contribution in [0, 0.1) is 5.92 Å².